The van der Waals surface area contributed by atoms with Gasteiger partial charge in [-0.25, -0.2) is 18.4 Å². The Hall–Kier alpha value is -1.84. The van der Waals surface area contributed by atoms with Crippen LogP contribution in [0.25, 0.3) is 11.1 Å². The van der Waals surface area contributed by atoms with Gasteiger partial charge in [0.05, 0.1) is 22.4 Å². The molecule has 2 atom stereocenters. The van der Waals surface area contributed by atoms with Gasteiger partial charge in [-0.3, -0.25) is 4.79 Å². The topological polar surface area (TPSA) is 115 Å². The first-order chi connectivity index (χ1) is 13.7. The van der Waals surface area contributed by atoms with Crippen molar-refractivity contribution in [1.82, 2.24) is 15.3 Å². The summed E-state index contributed by atoms with van der Waals surface area (Å²) in [4.78, 5) is 21.4. The zero-order chi connectivity index (χ0) is 21.2. The van der Waals surface area contributed by atoms with Crippen molar-refractivity contribution in [2.45, 2.75) is 43.1 Å². The molecule has 2 heterocycles. The number of nitrogens with one attached hydrogen (secondary N) is 1. The smallest absolute Gasteiger partial charge is 0.233 e. The zero-order valence-corrected chi connectivity index (χ0v) is 18.6. The summed E-state index contributed by atoms with van der Waals surface area (Å²) in [6.07, 6.45) is 1.10. The third-order valence-corrected chi connectivity index (χ3v) is 7.67. The monoisotopic (exact) mass is 454 g/mol. The lowest BCUT2D eigenvalue weighted by Crippen LogP contribution is -2.40. The summed E-state index contributed by atoms with van der Waals surface area (Å²) in [5.74, 6) is 0.218. The number of aryl methyl sites for hydroxylation is 1. The molecule has 0 bridgehead atoms. The molecule has 0 radical (unpaired) electrons. The van der Waals surface area contributed by atoms with E-state index in [9.17, 15) is 13.2 Å². The van der Waals surface area contributed by atoms with Crippen molar-refractivity contribution < 1.29 is 13.2 Å². The molecule has 1 saturated heterocycles. The molecule has 156 valence electrons. The van der Waals surface area contributed by atoms with Gasteiger partial charge < -0.3 is 11.1 Å². The van der Waals surface area contributed by atoms with Crippen molar-refractivity contribution in [3.8, 4) is 11.1 Å². The highest BCUT2D eigenvalue weighted by molar-refractivity contribution is 8.00. The molecular weight excluding hydrogens is 432 g/mol. The quantitative estimate of drug-likeness (QED) is 0.509. The highest BCUT2D eigenvalue weighted by atomic mass is 35.5. The minimum absolute atomic E-state index is 0.00462. The number of hydrogen-bond acceptors (Lipinski definition) is 7. The summed E-state index contributed by atoms with van der Waals surface area (Å²) in [6, 6.07) is 6.98. The molecule has 2 aromatic rings. The van der Waals surface area contributed by atoms with Crippen LogP contribution in [0.4, 0.5) is 5.82 Å². The Bertz CT molecular complexity index is 1010. The van der Waals surface area contributed by atoms with Crippen LogP contribution in [0.5, 0.6) is 0 Å². The number of halogens is 1. The summed E-state index contributed by atoms with van der Waals surface area (Å²) in [5, 5.41) is 3.37. The Morgan fingerprint density at radius 1 is 1.34 bits per heavy atom. The molecule has 29 heavy (non-hydrogen) atoms. The van der Waals surface area contributed by atoms with Crippen LogP contribution in [0.3, 0.4) is 0 Å². The number of benzene rings is 1. The molecule has 3 rings (SSSR count). The SMILES string of the molecule is CCc1nc(SC(C)C(=O)NC2CCS(=O)(=O)C2)nc(N)c1-c1ccc(Cl)cc1. The fourth-order valence-corrected chi connectivity index (χ4v) is 5.79. The lowest BCUT2D eigenvalue weighted by Gasteiger charge is -2.16. The molecule has 7 nitrogen and oxygen atoms in total. The van der Waals surface area contributed by atoms with E-state index in [-0.39, 0.29) is 23.5 Å². The molecule has 1 fully saturated rings. The molecular formula is C19H23ClN4O3S2. The number of nitrogens with zero attached hydrogens (tertiary/aromatic N) is 2. The van der Waals surface area contributed by atoms with Crippen molar-refractivity contribution in [2.24, 2.45) is 0 Å². The van der Waals surface area contributed by atoms with Crippen molar-refractivity contribution in [3.63, 3.8) is 0 Å². The van der Waals surface area contributed by atoms with E-state index in [1.165, 1.54) is 11.8 Å². The molecule has 1 aromatic heterocycles. The maximum atomic E-state index is 12.4. The van der Waals surface area contributed by atoms with Crippen LogP contribution in [0.1, 0.15) is 26.0 Å². The number of nitrogen functional groups attached to an aromatic ring is 1. The van der Waals surface area contributed by atoms with Crippen molar-refractivity contribution in [2.75, 3.05) is 17.2 Å². The number of amides is 1. The Morgan fingerprint density at radius 3 is 2.62 bits per heavy atom. The van der Waals surface area contributed by atoms with Crippen LogP contribution in [-0.2, 0) is 21.1 Å². The molecule has 1 aromatic carbocycles. The highest BCUT2D eigenvalue weighted by Crippen LogP contribution is 2.32. The fourth-order valence-electron chi connectivity index (χ4n) is 3.18. The minimum Gasteiger partial charge on any atom is -0.383 e. The van der Waals surface area contributed by atoms with E-state index < -0.39 is 15.1 Å². The number of aromatic nitrogens is 2. The first kappa shape index (κ1) is 21.9. The summed E-state index contributed by atoms with van der Waals surface area (Å²) >= 11 is 7.16. The van der Waals surface area contributed by atoms with E-state index in [1.54, 1.807) is 19.1 Å². The Balaban J connectivity index is 1.74. The Kier molecular flexibility index (Phi) is 6.70. The van der Waals surface area contributed by atoms with E-state index >= 15 is 0 Å². The first-order valence-corrected chi connectivity index (χ1v) is 12.4. The molecule has 2 unspecified atom stereocenters. The van der Waals surface area contributed by atoms with Crippen molar-refractivity contribution in [3.05, 3.63) is 35.0 Å². The van der Waals surface area contributed by atoms with E-state index in [0.29, 0.717) is 28.8 Å². The predicted molar refractivity (Wildman–Crippen MR) is 117 cm³/mol. The van der Waals surface area contributed by atoms with Crippen LogP contribution in [0.2, 0.25) is 5.02 Å². The standard InChI is InChI=1S/C19H23ClN4O3S2/c1-3-15-16(12-4-6-13(20)7-5-12)17(21)24-19(23-15)28-11(2)18(25)22-14-8-9-29(26,27)10-14/h4-7,11,14H,3,8-10H2,1-2H3,(H,22,25)(H2,21,23,24). The van der Waals surface area contributed by atoms with Gasteiger partial charge in [-0.05, 0) is 37.5 Å². The van der Waals surface area contributed by atoms with E-state index in [0.717, 1.165) is 16.8 Å². The van der Waals surface area contributed by atoms with Gasteiger partial charge in [-0.15, -0.1) is 0 Å². The van der Waals surface area contributed by atoms with E-state index in [1.807, 2.05) is 19.1 Å². The largest absolute Gasteiger partial charge is 0.383 e. The van der Waals surface area contributed by atoms with Crippen LogP contribution < -0.4 is 11.1 Å². The van der Waals surface area contributed by atoms with Gasteiger partial charge in [0, 0.05) is 16.6 Å². The lowest BCUT2D eigenvalue weighted by atomic mass is 10.0. The third kappa shape index (κ3) is 5.40. The number of anilines is 1. The van der Waals surface area contributed by atoms with E-state index in [4.69, 9.17) is 17.3 Å². The number of nitrogens with two attached hydrogens (primary N) is 1. The van der Waals surface area contributed by atoms with Gasteiger partial charge >= 0.3 is 0 Å². The third-order valence-electron chi connectivity index (χ3n) is 4.69. The average Bonchev–Trinajstić information content (AvgIpc) is 3.00. The van der Waals surface area contributed by atoms with Gasteiger partial charge in [-0.2, -0.15) is 0 Å². The minimum atomic E-state index is -3.05. The average molecular weight is 455 g/mol. The number of carbonyl (C=O) groups is 1. The number of sulfone groups is 1. The second-order valence-corrected chi connectivity index (χ2v) is 10.9. The molecule has 1 amide bonds. The number of carbonyl (C=O) groups excluding carboxylic acids is 1. The first-order valence-electron chi connectivity index (χ1n) is 9.28. The second kappa shape index (κ2) is 8.89. The maximum Gasteiger partial charge on any atom is 0.233 e. The summed E-state index contributed by atoms with van der Waals surface area (Å²) in [6.45, 7) is 3.72. The van der Waals surface area contributed by atoms with Crippen LogP contribution in [0.15, 0.2) is 29.4 Å². The molecule has 0 saturated carbocycles. The summed E-state index contributed by atoms with van der Waals surface area (Å²) in [7, 11) is -3.05. The van der Waals surface area contributed by atoms with E-state index in [2.05, 4.69) is 15.3 Å². The molecule has 0 aliphatic carbocycles. The molecule has 0 spiro atoms. The zero-order valence-electron chi connectivity index (χ0n) is 16.2. The van der Waals surface area contributed by atoms with Crippen molar-refractivity contribution >= 4 is 44.9 Å². The van der Waals surface area contributed by atoms with Gasteiger partial charge in [0.15, 0.2) is 15.0 Å². The normalized spacial score (nSPS) is 19.1. The molecule has 3 N–H and O–H groups in total. The van der Waals surface area contributed by atoms with Crippen LogP contribution in [-0.4, -0.2) is 47.1 Å². The lowest BCUT2D eigenvalue weighted by molar-refractivity contribution is -0.120. The number of rotatable bonds is 6. The van der Waals surface area contributed by atoms with Crippen LogP contribution in [0, 0.1) is 0 Å². The maximum absolute atomic E-state index is 12.4. The Labute approximate surface area is 179 Å². The Morgan fingerprint density at radius 2 is 2.03 bits per heavy atom. The fraction of sp³-hybridized carbons (Fsp3) is 0.421. The van der Waals surface area contributed by atoms with Crippen LogP contribution >= 0.6 is 23.4 Å². The van der Waals surface area contributed by atoms with Gasteiger partial charge in [0.1, 0.15) is 5.82 Å². The summed E-state index contributed by atoms with van der Waals surface area (Å²) < 4.78 is 23.1. The number of hydrogen-bond donors (Lipinski definition) is 2. The van der Waals surface area contributed by atoms with Gasteiger partial charge in [0.25, 0.3) is 0 Å². The van der Waals surface area contributed by atoms with Crippen molar-refractivity contribution in [1.29, 1.82) is 0 Å². The second-order valence-electron chi connectivity index (χ2n) is 6.94. The molecule has 1 aliphatic heterocycles. The van der Waals surface area contributed by atoms with Gasteiger partial charge in [0.2, 0.25) is 5.91 Å². The number of thioether (sulfide) groups is 1. The highest BCUT2D eigenvalue weighted by Gasteiger charge is 2.30. The predicted octanol–water partition coefficient (Wildman–Crippen LogP) is 2.73. The molecule has 1 aliphatic rings. The van der Waals surface area contributed by atoms with Gasteiger partial charge in [-0.1, -0.05) is 42.4 Å². The molecule has 10 heteroatoms. The summed E-state index contributed by atoms with van der Waals surface area (Å²) in [5.41, 5.74) is 8.65.